The Hall–Kier alpha value is -2.33. The Labute approximate surface area is 229 Å². The Morgan fingerprint density at radius 3 is 2.64 bits per heavy atom. The molecular weight excluding hydrogens is 548 g/mol. The normalized spacial score (nSPS) is 20.7. The van der Waals surface area contributed by atoms with E-state index >= 15 is 0 Å². The molecule has 14 heteroatoms. The Bertz CT molecular complexity index is 1420. The third-order valence-electron chi connectivity index (χ3n) is 7.24. The van der Waals surface area contributed by atoms with Gasteiger partial charge in [0.05, 0.1) is 17.1 Å². The molecule has 2 aromatic rings. The second-order valence-electron chi connectivity index (χ2n) is 9.86. The fraction of sp³-hybridized carbons (Fsp3) is 0.560. The number of piperidine rings is 1. The molecule has 3 heterocycles. The lowest BCUT2D eigenvalue weighted by Crippen LogP contribution is -2.47. The number of hydrogen-bond acceptors (Lipinski definition) is 9. The van der Waals surface area contributed by atoms with Crippen molar-refractivity contribution < 1.29 is 31.4 Å². The van der Waals surface area contributed by atoms with Gasteiger partial charge >= 0.3 is 0 Å². The van der Waals surface area contributed by atoms with Crippen molar-refractivity contribution >= 4 is 20.0 Å². The summed E-state index contributed by atoms with van der Waals surface area (Å²) in [4.78, 5) is 12.1. The first kappa shape index (κ1) is 29.6. The van der Waals surface area contributed by atoms with Gasteiger partial charge in [0.25, 0.3) is 0 Å². The van der Waals surface area contributed by atoms with Crippen LogP contribution in [0.2, 0.25) is 0 Å². The van der Waals surface area contributed by atoms with Crippen LogP contribution in [0, 0.1) is 0 Å². The first-order chi connectivity index (χ1) is 18.5. The summed E-state index contributed by atoms with van der Waals surface area (Å²) in [5.41, 5.74) is -0.968. The Morgan fingerprint density at radius 1 is 1.21 bits per heavy atom. The molecule has 1 aromatic heterocycles. The zero-order valence-corrected chi connectivity index (χ0v) is 23.7. The average Bonchev–Trinajstić information content (AvgIpc) is 3.33. The van der Waals surface area contributed by atoms with Crippen LogP contribution in [-0.2, 0) is 31.3 Å². The van der Waals surface area contributed by atoms with Gasteiger partial charge in [0, 0.05) is 56.7 Å². The molecule has 0 bridgehead atoms. The monoisotopic (exact) mass is 584 g/mol. The average molecular weight is 585 g/mol. The molecule has 2 aliphatic rings. The van der Waals surface area contributed by atoms with E-state index in [4.69, 9.17) is 9.47 Å². The number of aliphatic hydroxyl groups excluding tert-OH is 1. The number of sulfonamides is 2. The van der Waals surface area contributed by atoms with E-state index in [1.165, 1.54) is 35.7 Å². The van der Waals surface area contributed by atoms with Crippen LogP contribution in [0.5, 0.6) is 5.75 Å². The zero-order chi connectivity index (χ0) is 28.3. The molecule has 0 saturated carbocycles. The quantitative estimate of drug-likeness (QED) is 0.334. The van der Waals surface area contributed by atoms with E-state index in [0.29, 0.717) is 38.2 Å². The fourth-order valence-electron chi connectivity index (χ4n) is 4.89. The molecule has 2 atom stereocenters. The fourth-order valence-corrected chi connectivity index (χ4v) is 7.19. The van der Waals surface area contributed by atoms with Gasteiger partial charge in [-0.3, -0.25) is 4.79 Å². The largest absolute Gasteiger partial charge is 0.491 e. The second kappa shape index (κ2) is 12.0. The van der Waals surface area contributed by atoms with Crippen molar-refractivity contribution in [3.05, 3.63) is 52.9 Å². The van der Waals surface area contributed by atoms with Gasteiger partial charge in [0.2, 0.25) is 25.5 Å². The number of aryl methyl sites for hydroxylation is 1. The summed E-state index contributed by atoms with van der Waals surface area (Å²) in [6, 6.07) is 7.30. The van der Waals surface area contributed by atoms with Gasteiger partial charge in [0.1, 0.15) is 23.4 Å². The highest BCUT2D eigenvalue weighted by Crippen LogP contribution is 2.37. The van der Waals surface area contributed by atoms with E-state index in [9.17, 15) is 26.7 Å². The maximum atomic E-state index is 13.2. The highest BCUT2D eigenvalue weighted by Gasteiger charge is 2.45. The molecule has 0 aliphatic carbocycles. The molecule has 0 radical (unpaired) electrons. The van der Waals surface area contributed by atoms with E-state index in [0.717, 1.165) is 0 Å². The molecule has 1 spiro atoms. The van der Waals surface area contributed by atoms with Gasteiger partial charge < -0.3 is 24.5 Å². The van der Waals surface area contributed by atoms with Crippen LogP contribution in [0.4, 0.5) is 0 Å². The van der Waals surface area contributed by atoms with Gasteiger partial charge in [-0.05, 0) is 45.4 Å². The standard InChI is InChI=1S/C25H36N4O8S2/c1-3-28-10-7-23(31)24(16-28)39(34,35)29-11-8-25(9-12-29)14-19(17-37-25)27-15-20(30)18-36-21-5-4-6-22(13-21)38(32,33)26-2/h4-7,10,13,16,19-20,26-27,30H,3,8-9,11-12,14-15,17-18H2,1-2H3/t19-,20?/m1/s1. The van der Waals surface area contributed by atoms with Crippen molar-refractivity contribution in [2.45, 2.75) is 60.3 Å². The van der Waals surface area contributed by atoms with Crippen LogP contribution in [0.25, 0.3) is 0 Å². The first-order valence-corrected chi connectivity index (χ1v) is 15.8. The van der Waals surface area contributed by atoms with Crippen molar-refractivity contribution in [2.24, 2.45) is 0 Å². The molecule has 1 unspecified atom stereocenters. The smallest absolute Gasteiger partial charge is 0.248 e. The number of ether oxygens (including phenoxy) is 2. The van der Waals surface area contributed by atoms with E-state index in [1.54, 1.807) is 22.9 Å². The van der Waals surface area contributed by atoms with Crippen LogP contribution in [-0.4, -0.2) is 88.5 Å². The molecule has 2 fully saturated rings. The van der Waals surface area contributed by atoms with Crippen LogP contribution in [0.3, 0.4) is 0 Å². The minimum absolute atomic E-state index is 0.0159. The molecule has 2 aliphatic heterocycles. The summed E-state index contributed by atoms with van der Waals surface area (Å²) in [7, 11) is -6.17. The second-order valence-corrected chi connectivity index (χ2v) is 13.7. The number of aromatic nitrogens is 1. The predicted octanol–water partition coefficient (Wildman–Crippen LogP) is 0.118. The lowest BCUT2D eigenvalue weighted by Gasteiger charge is -2.38. The third-order valence-corrected chi connectivity index (χ3v) is 10.6. The summed E-state index contributed by atoms with van der Waals surface area (Å²) in [5.74, 6) is 0.333. The Morgan fingerprint density at radius 2 is 1.95 bits per heavy atom. The number of nitrogens with zero attached hydrogens (tertiary/aromatic N) is 2. The number of hydrogen-bond donors (Lipinski definition) is 3. The molecule has 1 aromatic carbocycles. The number of rotatable bonds is 11. The van der Waals surface area contributed by atoms with Crippen molar-refractivity contribution in [1.82, 2.24) is 18.9 Å². The molecule has 216 valence electrons. The topological polar surface area (TPSA) is 156 Å². The minimum Gasteiger partial charge on any atom is -0.491 e. The predicted molar refractivity (Wildman–Crippen MR) is 144 cm³/mol. The third kappa shape index (κ3) is 6.88. The van der Waals surface area contributed by atoms with Crippen LogP contribution < -0.4 is 20.2 Å². The van der Waals surface area contributed by atoms with Gasteiger partial charge in [-0.1, -0.05) is 6.07 Å². The zero-order valence-electron chi connectivity index (χ0n) is 22.1. The van der Waals surface area contributed by atoms with E-state index in [-0.39, 0.29) is 42.1 Å². The number of benzene rings is 1. The van der Waals surface area contributed by atoms with Gasteiger partial charge in [-0.15, -0.1) is 0 Å². The van der Waals surface area contributed by atoms with Crippen LogP contribution >= 0.6 is 0 Å². The summed E-state index contributed by atoms with van der Waals surface area (Å²) >= 11 is 0. The highest BCUT2D eigenvalue weighted by atomic mass is 32.2. The maximum Gasteiger partial charge on any atom is 0.248 e. The van der Waals surface area contributed by atoms with Gasteiger partial charge in [-0.2, -0.15) is 4.31 Å². The Kier molecular flexibility index (Phi) is 9.15. The molecule has 39 heavy (non-hydrogen) atoms. The molecular formula is C25H36N4O8S2. The molecule has 2 saturated heterocycles. The van der Waals surface area contributed by atoms with Gasteiger partial charge in [0.15, 0.2) is 0 Å². The summed E-state index contributed by atoms with van der Waals surface area (Å²) in [5, 5.41) is 13.7. The SMILES string of the molecule is CCn1ccc(=O)c(S(=O)(=O)N2CCC3(CC2)C[C@@H](NCC(O)COc2cccc(S(=O)(=O)NC)c2)CO3)c1. The number of nitrogens with one attached hydrogen (secondary N) is 2. The summed E-state index contributed by atoms with van der Waals surface area (Å²) in [6.07, 6.45) is 3.82. The Balaban J connectivity index is 1.25. The molecule has 4 rings (SSSR count). The molecule has 0 amide bonds. The van der Waals surface area contributed by atoms with E-state index in [1.807, 2.05) is 6.92 Å². The molecule has 12 nitrogen and oxygen atoms in total. The van der Waals surface area contributed by atoms with E-state index < -0.39 is 37.2 Å². The summed E-state index contributed by atoms with van der Waals surface area (Å²) in [6.45, 7) is 3.60. The lowest BCUT2D eigenvalue weighted by molar-refractivity contribution is -0.0312. The lowest BCUT2D eigenvalue weighted by atomic mass is 9.88. The number of pyridine rings is 1. The number of aliphatic hydroxyl groups is 1. The highest BCUT2D eigenvalue weighted by molar-refractivity contribution is 7.89. The van der Waals surface area contributed by atoms with Crippen molar-refractivity contribution in [3.63, 3.8) is 0 Å². The summed E-state index contributed by atoms with van der Waals surface area (Å²) < 4.78 is 67.2. The van der Waals surface area contributed by atoms with E-state index in [2.05, 4.69) is 10.0 Å². The van der Waals surface area contributed by atoms with Crippen molar-refractivity contribution in [3.8, 4) is 5.75 Å². The van der Waals surface area contributed by atoms with Crippen molar-refractivity contribution in [2.75, 3.05) is 39.9 Å². The molecule has 3 N–H and O–H groups in total. The van der Waals surface area contributed by atoms with Crippen molar-refractivity contribution in [1.29, 1.82) is 0 Å². The van der Waals surface area contributed by atoms with Crippen LogP contribution in [0.15, 0.2) is 57.3 Å². The minimum atomic E-state index is -3.90. The maximum absolute atomic E-state index is 13.2. The van der Waals surface area contributed by atoms with Gasteiger partial charge in [-0.25, -0.2) is 21.6 Å². The van der Waals surface area contributed by atoms with Crippen LogP contribution in [0.1, 0.15) is 26.2 Å². The first-order valence-electron chi connectivity index (χ1n) is 12.9.